The number of hydroxylamine groups is 2. The van der Waals surface area contributed by atoms with Crippen LogP contribution in [0.15, 0.2) is 24.8 Å². The minimum atomic E-state index is -0.174. The normalized spacial score (nSPS) is 39.6. The van der Waals surface area contributed by atoms with E-state index in [1.807, 2.05) is 0 Å². The van der Waals surface area contributed by atoms with E-state index >= 15 is 0 Å². The number of nitrogens with zero attached hydrogens (tertiary/aromatic N) is 1. The van der Waals surface area contributed by atoms with Gasteiger partial charge in [0, 0.05) is 0 Å². The first-order valence-corrected chi connectivity index (χ1v) is 5.54. The molecule has 1 heterocycles. The molecule has 4 nitrogen and oxygen atoms in total. The molecule has 1 saturated carbocycles. The lowest BCUT2D eigenvalue weighted by Gasteiger charge is -2.15. The summed E-state index contributed by atoms with van der Waals surface area (Å²) in [4.78, 5) is 29.1. The summed E-state index contributed by atoms with van der Waals surface area (Å²) in [6.45, 7) is 3.69. The fourth-order valence-corrected chi connectivity index (χ4v) is 3.13. The Balaban J connectivity index is 1.86. The van der Waals surface area contributed by atoms with Gasteiger partial charge < -0.3 is 0 Å². The van der Waals surface area contributed by atoms with Crippen LogP contribution in [-0.2, 0) is 14.4 Å². The van der Waals surface area contributed by atoms with Crippen LogP contribution in [0, 0.1) is 23.7 Å². The Bertz CT molecular complexity index is 371. The molecule has 0 aromatic carbocycles. The van der Waals surface area contributed by atoms with Crippen molar-refractivity contribution in [1.82, 2.24) is 5.06 Å². The predicted octanol–water partition coefficient (Wildman–Crippen LogP) is 0.911. The van der Waals surface area contributed by atoms with Crippen LogP contribution in [0.1, 0.15) is 6.42 Å². The molecule has 84 valence electrons. The first-order valence-electron chi connectivity index (χ1n) is 5.54. The molecule has 16 heavy (non-hydrogen) atoms. The van der Waals surface area contributed by atoms with E-state index in [1.54, 1.807) is 0 Å². The number of carbonyl (C=O) groups excluding carboxylic acids is 2. The van der Waals surface area contributed by atoms with Gasteiger partial charge in [0.2, 0.25) is 0 Å². The van der Waals surface area contributed by atoms with Crippen LogP contribution in [0.5, 0.6) is 0 Å². The molecular formula is C12H13NO3. The molecule has 0 radical (unpaired) electrons. The van der Waals surface area contributed by atoms with Crippen molar-refractivity contribution in [1.29, 1.82) is 0 Å². The third-order valence-corrected chi connectivity index (χ3v) is 3.75. The number of amides is 2. The SMILES string of the molecule is C=CCON1C(=O)[C@@H]2[C@@H](C1=O)[C@H]1C=C[C@@H]2C1. The monoisotopic (exact) mass is 219 g/mol. The first kappa shape index (κ1) is 9.78. The molecule has 2 bridgehead atoms. The second kappa shape index (κ2) is 3.28. The molecule has 3 rings (SSSR count). The summed E-state index contributed by atoms with van der Waals surface area (Å²) in [6, 6.07) is 0. The molecule has 0 N–H and O–H groups in total. The Kier molecular flexibility index (Phi) is 2.01. The molecule has 2 aliphatic carbocycles. The first-order chi connectivity index (χ1) is 7.74. The standard InChI is InChI=1S/C12H13NO3/c1-2-5-16-13-11(14)9-7-3-4-8(6-7)10(9)12(13)15/h2-4,7-10H,1,5-6H2/t7-,8+,9-,10-/m0/s1. The van der Waals surface area contributed by atoms with Crippen LogP contribution in [0.25, 0.3) is 0 Å². The van der Waals surface area contributed by atoms with Gasteiger partial charge in [-0.15, -0.1) is 6.58 Å². The lowest BCUT2D eigenvalue weighted by molar-refractivity contribution is -0.186. The Morgan fingerprint density at radius 3 is 2.38 bits per heavy atom. The van der Waals surface area contributed by atoms with Gasteiger partial charge in [0.25, 0.3) is 11.8 Å². The molecule has 0 aromatic heterocycles. The third-order valence-electron chi connectivity index (χ3n) is 3.75. The fraction of sp³-hybridized carbons (Fsp3) is 0.500. The molecule has 4 heteroatoms. The van der Waals surface area contributed by atoms with E-state index in [1.165, 1.54) is 6.08 Å². The minimum absolute atomic E-state index is 0.172. The molecule has 0 unspecified atom stereocenters. The van der Waals surface area contributed by atoms with Crippen LogP contribution in [-0.4, -0.2) is 23.5 Å². The summed E-state index contributed by atoms with van der Waals surface area (Å²) in [5.74, 6) is -0.213. The summed E-state index contributed by atoms with van der Waals surface area (Å²) in [7, 11) is 0. The molecule has 0 aromatic rings. The summed E-state index contributed by atoms with van der Waals surface area (Å²) in [5.41, 5.74) is 0. The van der Waals surface area contributed by atoms with Crippen molar-refractivity contribution >= 4 is 11.8 Å². The van der Waals surface area contributed by atoms with Gasteiger partial charge in [-0.2, -0.15) is 5.06 Å². The van der Waals surface area contributed by atoms with E-state index in [0.29, 0.717) is 0 Å². The quantitative estimate of drug-likeness (QED) is 0.523. The van der Waals surface area contributed by atoms with E-state index in [9.17, 15) is 9.59 Å². The Morgan fingerprint density at radius 2 is 1.88 bits per heavy atom. The second-order valence-electron chi connectivity index (χ2n) is 4.56. The third kappa shape index (κ3) is 1.08. The number of hydrogen-bond acceptors (Lipinski definition) is 3. The van der Waals surface area contributed by atoms with Crippen molar-refractivity contribution in [2.45, 2.75) is 6.42 Å². The van der Waals surface area contributed by atoms with Gasteiger partial charge >= 0.3 is 0 Å². The minimum Gasteiger partial charge on any atom is -0.272 e. The molecule has 2 amide bonds. The number of imide groups is 1. The highest BCUT2D eigenvalue weighted by Gasteiger charge is 2.59. The average Bonchev–Trinajstić information content (AvgIpc) is 2.92. The van der Waals surface area contributed by atoms with Crippen molar-refractivity contribution in [3.8, 4) is 0 Å². The zero-order valence-corrected chi connectivity index (χ0v) is 8.83. The zero-order chi connectivity index (χ0) is 11.3. The molecule has 1 aliphatic heterocycles. The summed E-state index contributed by atoms with van der Waals surface area (Å²) in [6.07, 6.45) is 6.60. The van der Waals surface area contributed by atoms with Crippen molar-refractivity contribution in [2.75, 3.05) is 6.61 Å². The predicted molar refractivity (Wildman–Crippen MR) is 55.7 cm³/mol. The Hall–Kier alpha value is -1.42. The topological polar surface area (TPSA) is 46.6 Å². The van der Waals surface area contributed by atoms with Gasteiger partial charge in [-0.25, -0.2) is 0 Å². The lowest BCUT2D eigenvalue weighted by Crippen LogP contribution is -2.33. The van der Waals surface area contributed by atoms with Crippen molar-refractivity contribution in [3.05, 3.63) is 24.8 Å². The highest BCUT2D eigenvalue weighted by atomic mass is 16.7. The number of rotatable bonds is 3. The van der Waals surface area contributed by atoms with Crippen LogP contribution in [0.2, 0.25) is 0 Å². The van der Waals surface area contributed by atoms with Crippen LogP contribution >= 0.6 is 0 Å². The van der Waals surface area contributed by atoms with E-state index in [-0.39, 0.29) is 42.1 Å². The molecule has 4 atom stereocenters. The van der Waals surface area contributed by atoms with Crippen LogP contribution in [0.3, 0.4) is 0 Å². The molecule has 2 fully saturated rings. The smallest absolute Gasteiger partial charge is 0.258 e. The van der Waals surface area contributed by atoms with Crippen molar-refractivity contribution in [2.24, 2.45) is 23.7 Å². The molecule has 3 aliphatic rings. The molecular weight excluding hydrogens is 206 g/mol. The maximum Gasteiger partial charge on any atom is 0.258 e. The number of carbonyl (C=O) groups is 2. The Labute approximate surface area is 93.5 Å². The van der Waals surface area contributed by atoms with E-state index in [0.717, 1.165) is 11.5 Å². The van der Waals surface area contributed by atoms with E-state index < -0.39 is 0 Å². The lowest BCUT2D eigenvalue weighted by atomic mass is 9.85. The highest BCUT2D eigenvalue weighted by Crippen LogP contribution is 2.52. The average molecular weight is 219 g/mol. The second-order valence-corrected chi connectivity index (χ2v) is 4.56. The molecule has 0 spiro atoms. The fourth-order valence-electron chi connectivity index (χ4n) is 3.13. The zero-order valence-electron chi connectivity index (χ0n) is 8.83. The van der Waals surface area contributed by atoms with Gasteiger partial charge in [0.15, 0.2) is 0 Å². The summed E-state index contributed by atoms with van der Waals surface area (Å²) >= 11 is 0. The van der Waals surface area contributed by atoms with Crippen LogP contribution < -0.4 is 0 Å². The van der Waals surface area contributed by atoms with Crippen molar-refractivity contribution in [3.63, 3.8) is 0 Å². The number of allylic oxidation sites excluding steroid dienone is 2. The maximum absolute atomic E-state index is 12.0. The van der Waals surface area contributed by atoms with E-state index in [2.05, 4.69) is 18.7 Å². The Morgan fingerprint density at radius 1 is 1.31 bits per heavy atom. The van der Waals surface area contributed by atoms with E-state index in [4.69, 9.17) is 4.84 Å². The molecule has 1 saturated heterocycles. The van der Waals surface area contributed by atoms with Crippen LogP contribution in [0.4, 0.5) is 0 Å². The number of hydrogen-bond donors (Lipinski definition) is 0. The largest absolute Gasteiger partial charge is 0.272 e. The maximum atomic E-state index is 12.0. The highest BCUT2D eigenvalue weighted by molar-refractivity contribution is 6.05. The van der Waals surface area contributed by atoms with Gasteiger partial charge in [-0.1, -0.05) is 18.2 Å². The van der Waals surface area contributed by atoms with Gasteiger partial charge in [-0.05, 0) is 18.3 Å². The number of fused-ring (bicyclic) bond motifs is 5. The van der Waals surface area contributed by atoms with Crippen molar-refractivity contribution < 1.29 is 14.4 Å². The summed E-state index contributed by atoms with van der Waals surface area (Å²) in [5, 5.41) is 0.948. The van der Waals surface area contributed by atoms with Gasteiger partial charge in [0.05, 0.1) is 18.4 Å². The summed E-state index contributed by atoms with van der Waals surface area (Å²) < 4.78 is 0. The van der Waals surface area contributed by atoms with Gasteiger partial charge in [0.1, 0.15) is 0 Å². The van der Waals surface area contributed by atoms with Gasteiger partial charge in [-0.3, -0.25) is 14.4 Å².